The minimum Gasteiger partial charge on any atom is -0.455 e. The SMILES string of the molecule is CN(C(=O)c1cc(-c2ccccc2-c2ccc(-c3[c-]ccc(-c4ccc(-c5cccc6c5oc5ccccc56)cc4)c3)nc2)cc(-c2ccccc2-c2ccc(-c3[c-]ccc(-c4ccc(-c5cccc6c5oc5ccccc56)cc4)c3)nc2)c1)c1ccc(-c2[c-]cc3c(c2)CCC3)nc1.[Ir+3]. The van der Waals surface area contributed by atoms with Crippen molar-refractivity contribution < 1.29 is 33.7 Å². The van der Waals surface area contributed by atoms with E-state index in [9.17, 15) is 0 Å². The molecule has 100 heavy (non-hydrogen) atoms. The standard InChI is InChI=1S/C92H59N4O3.Ir/c1-96(74-45-48-87(95-57-74)68-42-37-58-15-10-16-63(58)51-68)92(97)73-53-71(77-23-4-2-21-75(77)69-43-46-85(93-55-69)66-19-11-17-64(49-66)59-33-38-61(39-34-59)79-27-13-29-83-81-25-6-8-31-88(81)98-90(79)83)52-72(54-73)78-24-5-3-22-76(78)70-44-47-86(94-56-70)67-20-12-18-65(50-67)60-35-40-62(41-36-60)80-28-14-30-84-82-26-7-9-32-89(82)99-91(80)84;/h2-9,11-14,17-18,21-41,43-57H,10,15-16H2,1H3;/q-3;+3. The summed E-state index contributed by atoms with van der Waals surface area (Å²) >= 11 is 0. The van der Waals surface area contributed by atoms with Crippen LogP contribution in [0.5, 0.6) is 0 Å². The number of benzene rings is 12. The van der Waals surface area contributed by atoms with Crippen LogP contribution in [-0.2, 0) is 32.9 Å². The Balaban J connectivity index is 0.00000748. The third-order valence-corrected chi connectivity index (χ3v) is 19.6. The molecule has 0 bridgehead atoms. The number of amides is 1. The van der Waals surface area contributed by atoms with Crippen molar-refractivity contribution in [3.05, 3.63) is 339 Å². The van der Waals surface area contributed by atoms with Gasteiger partial charge in [0.05, 0.1) is 5.69 Å². The maximum atomic E-state index is 15.2. The van der Waals surface area contributed by atoms with Crippen molar-refractivity contribution in [1.29, 1.82) is 0 Å². The van der Waals surface area contributed by atoms with Crippen molar-refractivity contribution in [3.63, 3.8) is 0 Å². The van der Waals surface area contributed by atoms with Crippen LogP contribution in [0.25, 0.3) is 167 Å². The number of aryl methyl sites for hydroxylation is 2. The van der Waals surface area contributed by atoms with Crippen LogP contribution < -0.4 is 4.90 Å². The average molecular weight is 1460 g/mol. The predicted octanol–water partition coefficient (Wildman–Crippen LogP) is 23.2. The van der Waals surface area contributed by atoms with Crippen molar-refractivity contribution in [2.24, 2.45) is 0 Å². The molecule has 0 fully saturated rings. The Morgan fingerprint density at radius 2 is 0.780 bits per heavy atom. The molecule has 1 amide bonds. The fourth-order valence-corrected chi connectivity index (χ4v) is 14.4. The van der Waals surface area contributed by atoms with Gasteiger partial charge < -0.3 is 28.7 Å². The molecule has 5 heterocycles. The second-order valence-electron chi connectivity index (χ2n) is 25.5. The maximum Gasteiger partial charge on any atom is 3.00 e. The van der Waals surface area contributed by atoms with Crippen LogP contribution in [0, 0.1) is 18.2 Å². The molecular weight excluding hydrogens is 1400 g/mol. The van der Waals surface area contributed by atoms with Crippen LogP contribution in [0.2, 0.25) is 0 Å². The van der Waals surface area contributed by atoms with E-state index in [1.165, 1.54) is 11.1 Å². The summed E-state index contributed by atoms with van der Waals surface area (Å²) in [5, 5.41) is 4.45. The fourth-order valence-electron chi connectivity index (χ4n) is 14.4. The Hall–Kier alpha value is -12.2. The maximum absolute atomic E-state index is 15.2. The zero-order valence-electron chi connectivity index (χ0n) is 54.3. The van der Waals surface area contributed by atoms with E-state index in [1.54, 1.807) is 11.1 Å². The van der Waals surface area contributed by atoms with Crippen molar-refractivity contribution in [2.45, 2.75) is 19.3 Å². The topological polar surface area (TPSA) is 85.3 Å². The molecule has 8 heteroatoms. The van der Waals surface area contributed by atoms with E-state index in [0.717, 1.165) is 186 Å². The summed E-state index contributed by atoms with van der Waals surface area (Å²) in [5.74, 6) is -0.173. The van der Waals surface area contributed by atoms with Gasteiger partial charge >= 0.3 is 20.1 Å². The normalized spacial score (nSPS) is 11.9. The zero-order chi connectivity index (χ0) is 65.9. The van der Waals surface area contributed by atoms with Gasteiger partial charge in [0.2, 0.25) is 0 Å². The molecule has 18 rings (SSSR count). The van der Waals surface area contributed by atoms with Crippen LogP contribution >= 0.6 is 0 Å². The first-order valence-corrected chi connectivity index (χ1v) is 33.5. The smallest absolute Gasteiger partial charge is 0.455 e. The largest absolute Gasteiger partial charge is 3.00 e. The fraction of sp³-hybridized carbons (Fsp3) is 0.0435. The number of aromatic nitrogens is 3. The Bertz CT molecular complexity index is 5670. The van der Waals surface area contributed by atoms with Gasteiger partial charge in [0.25, 0.3) is 5.91 Å². The number of furan rings is 2. The van der Waals surface area contributed by atoms with E-state index in [4.69, 9.17) is 23.8 Å². The van der Waals surface area contributed by atoms with Crippen molar-refractivity contribution in [3.8, 4) is 123 Å². The van der Waals surface area contributed by atoms with E-state index >= 15 is 4.79 Å². The van der Waals surface area contributed by atoms with Gasteiger partial charge in [-0.15, -0.1) is 106 Å². The summed E-state index contributed by atoms with van der Waals surface area (Å²) in [5.41, 5.74) is 28.7. The molecule has 12 aromatic carbocycles. The minimum absolute atomic E-state index is 0. The molecule has 0 aliphatic heterocycles. The monoisotopic (exact) mass is 1460 g/mol. The molecule has 1 aliphatic rings. The molecule has 7 nitrogen and oxygen atoms in total. The van der Waals surface area contributed by atoms with Gasteiger partial charge in [-0.3, -0.25) is 4.79 Å². The number of nitrogens with zero attached hydrogens (tertiary/aromatic N) is 4. The van der Waals surface area contributed by atoms with Gasteiger partial charge in [-0.1, -0.05) is 213 Å². The van der Waals surface area contributed by atoms with Crippen LogP contribution in [0.1, 0.15) is 27.9 Å². The number of pyridine rings is 3. The van der Waals surface area contributed by atoms with E-state index in [-0.39, 0.29) is 26.0 Å². The molecule has 0 saturated heterocycles. The van der Waals surface area contributed by atoms with Gasteiger partial charge in [0.15, 0.2) is 0 Å². The van der Waals surface area contributed by atoms with Crippen LogP contribution in [0.4, 0.5) is 5.69 Å². The third-order valence-electron chi connectivity index (χ3n) is 19.6. The molecule has 0 unspecified atom stereocenters. The van der Waals surface area contributed by atoms with E-state index in [0.29, 0.717) is 11.3 Å². The quantitative estimate of drug-likeness (QED) is 0.107. The molecule has 0 N–H and O–H groups in total. The number of carbonyl (C=O) groups is 1. The van der Waals surface area contributed by atoms with E-state index in [2.05, 4.69) is 231 Å². The average Bonchev–Trinajstić information content (AvgIpc) is 1.61. The first kappa shape index (κ1) is 61.4. The number of rotatable bonds is 13. The van der Waals surface area contributed by atoms with Crippen molar-refractivity contribution in [1.82, 2.24) is 15.0 Å². The van der Waals surface area contributed by atoms with E-state index in [1.807, 2.05) is 92.2 Å². The van der Waals surface area contributed by atoms with Gasteiger partial charge in [0, 0.05) is 63.9 Å². The number of fused-ring (bicyclic) bond motifs is 7. The zero-order valence-corrected chi connectivity index (χ0v) is 56.7. The Labute approximate surface area is 592 Å². The molecule has 0 radical (unpaired) electrons. The van der Waals surface area contributed by atoms with Gasteiger partial charge in [-0.2, -0.15) is 0 Å². The van der Waals surface area contributed by atoms with Crippen molar-refractivity contribution >= 4 is 55.5 Å². The second kappa shape index (κ2) is 26.0. The molecule has 0 atom stereocenters. The third kappa shape index (κ3) is 11.4. The summed E-state index contributed by atoms with van der Waals surface area (Å²) in [6.07, 6.45) is 8.98. The van der Waals surface area contributed by atoms with Crippen molar-refractivity contribution in [2.75, 3.05) is 11.9 Å². The van der Waals surface area contributed by atoms with Gasteiger partial charge in [0.1, 0.15) is 22.3 Å². The molecule has 474 valence electrons. The first-order chi connectivity index (χ1) is 48.8. The summed E-state index contributed by atoms with van der Waals surface area (Å²) in [7, 11) is 1.82. The van der Waals surface area contributed by atoms with Crippen LogP contribution in [0.3, 0.4) is 0 Å². The molecular formula is C92H59IrN4O3. The minimum atomic E-state index is -0.173. The number of anilines is 1. The Morgan fingerprint density at radius 3 is 1.27 bits per heavy atom. The van der Waals surface area contributed by atoms with Crippen LogP contribution in [0.15, 0.2) is 313 Å². The van der Waals surface area contributed by atoms with Gasteiger partial charge in [-0.05, 0) is 127 Å². The number of carbonyl (C=O) groups excluding carboxylic acids is 1. The van der Waals surface area contributed by atoms with Gasteiger partial charge in [-0.25, -0.2) is 0 Å². The number of hydrogen-bond acceptors (Lipinski definition) is 6. The second-order valence-corrected chi connectivity index (χ2v) is 25.5. The summed E-state index contributed by atoms with van der Waals surface area (Å²) in [6.45, 7) is 0. The van der Waals surface area contributed by atoms with E-state index < -0.39 is 0 Å². The number of para-hydroxylation sites is 4. The molecule has 17 aromatic rings. The molecule has 5 aromatic heterocycles. The summed E-state index contributed by atoms with van der Waals surface area (Å²) in [4.78, 5) is 32.0. The van der Waals surface area contributed by atoms with Crippen LogP contribution in [-0.4, -0.2) is 27.9 Å². The Kier molecular flexibility index (Phi) is 16.0. The summed E-state index contributed by atoms with van der Waals surface area (Å²) in [6, 6.07) is 109. The molecule has 1 aliphatic carbocycles. The first-order valence-electron chi connectivity index (χ1n) is 33.5. The predicted molar refractivity (Wildman–Crippen MR) is 402 cm³/mol. The summed E-state index contributed by atoms with van der Waals surface area (Å²) < 4.78 is 12.8. The Morgan fingerprint density at radius 1 is 0.360 bits per heavy atom. The molecule has 0 spiro atoms. The molecule has 0 saturated carbocycles. The number of hydrogen-bond donors (Lipinski definition) is 0.